The first kappa shape index (κ1) is 17.7. The molecule has 0 fully saturated rings. The van der Waals surface area contributed by atoms with Gasteiger partial charge in [-0.1, -0.05) is 48.5 Å². The normalized spacial score (nSPS) is 17.8. The maximum absolute atomic E-state index is 12.4. The number of nitrogens with zero attached hydrogens (tertiary/aromatic N) is 3. The third-order valence-electron chi connectivity index (χ3n) is 3.62. The Kier molecular flexibility index (Phi) is 5.34. The van der Waals surface area contributed by atoms with Crippen molar-refractivity contribution in [1.82, 2.24) is 0 Å². The highest BCUT2D eigenvalue weighted by molar-refractivity contribution is 7.90. The molecule has 0 N–H and O–H groups in total. The van der Waals surface area contributed by atoms with Gasteiger partial charge in [-0.25, -0.2) is 0 Å². The number of hydrogen-bond acceptors (Lipinski definition) is 4. The number of allylic oxidation sites excluding steroid dienone is 4. The molecule has 0 bridgehead atoms. The van der Waals surface area contributed by atoms with Crippen molar-refractivity contribution in [2.75, 3.05) is 0 Å². The van der Waals surface area contributed by atoms with Gasteiger partial charge in [0, 0.05) is 0 Å². The van der Waals surface area contributed by atoms with Crippen LogP contribution in [-0.2, 0) is 10.0 Å². The van der Waals surface area contributed by atoms with E-state index in [1.807, 2.05) is 30.3 Å². The van der Waals surface area contributed by atoms with Crippen LogP contribution in [0.2, 0.25) is 0 Å². The Labute approximate surface area is 152 Å². The van der Waals surface area contributed by atoms with Crippen molar-refractivity contribution in [1.29, 1.82) is 0 Å². The van der Waals surface area contributed by atoms with Crippen LogP contribution in [0.25, 0.3) is 0 Å². The first-order valence-corrected chi connectivity index (χ1v) is 9.41. The van der Waals surface area contributed by atoms with E-state index in [-0.39, 0.29) is 4.90 Å². The molecule has 0 saturated heterocycles. The van der Waals surface area contributed by atoms with E-state index < -0.39 is 10.0 Å². The summed E-state index contributed by atoms with van der Waals surface area (Å²) in [6.45, 7) is 1.79. The van der Waals surface area contributed by atoms with E-state index in [1.54, 1.807) is 49.6 Å². The Bertz CT molecular complexity index is 1030. The summed E-state index contributed by atoms with van der Waals surface area (Å²) >= 11 is 0. The molecule has 0 radical (unpaired) electrons. The van der Waals surface area contributed by atoms with Crippen LogP contribution in [0.4, 0.5) is 0 Å². The van der Waals surface area contributed by atoms with Crippen molar-refractivity contribution in [3.63, 3.8) is 0 Å². The van der Waals surface area contributed by atoms with Gasteiger partial charge in [-0.2, -0.15) is 23.0 Å². The molecule has 0 unspecified atom stereocenters. The second-order valence-corrected chi connectivity index (χ2v) is 7.21. The molecule has 2 aromatic carbocycles. The average Bonchev–Trinajstić information content (AvgIpc) is 2.65. The summed E-state index contributed by atoms with van der Waals surface area (Å²) in [6, 6.07) is 17.8. The number of benzene rings is 2. The van der Waals surface area contributed by atoms with Gasteiger partial charge in [0.05, 0.1) is 22.5 Å². The summed E-state index contributed by atoms with van der Waals surface area (Å²) in [5, 5.41) is 8.19. The minimum atomic E-state index is -3.74. The van der Waals surface area contributed by atoms with Gasteiger partial charge in [-0.3, -0.25) is 0 Å². The molecule has 6 heteroatoms. The molecule has 26 heavy (non-hydrogen) atoms. The van der Waals surface area contributed by atoms with Crippen molar-refractivity contribution in [2.45, 2.75) is 11.8 Å². The highest BCUT2D eigenvalue weighted by atomic mass is 32.2. The number of rotatable bonds is 4. The molecule has 0 aliphatic heterocycles. The van der Waals surface area contributed by atoms with Gasteiger partial charge in [0.25, 0.3) is 10.0 Å². The zero-order valence-corrected chi connectivity index (χ0v) is 15.0. The molecule has 2 aromatic rings. The van der Waals surface area contributed by atoms with Crippen molar-refractivity contribution in [2.24, 2.45) is 14.6 Å². The molecule has 0 spiro atoms. The Morgan fingerprint density at radius 1 is 0.885 bits per heavy atom. The van der Waals surface area contributed by atoms with Gasteiger partial charge in [0.2, 0.25) is 0 Å². The molecule has 0 amide bonds. The lowest BCUT2D eigenvalue weighted by molar-refractivity contribution is 0.598. The van der Waals surface area contributed by atoms with Gasteiger partial charge in [0.15, 0.2) is 0 Å². The SMILES string of the molecule is CC1=CC(=N\N=C\c2ccccc2)/C=CC/1=N/S(=O)(=O)c1ccccc1. The van der Waals surface area contributed by atoms with Crippen LogP contribution in [0, 0.1) is 0 Å². The predicted octanol–water partition coefficient (Wildman–Crippen LogP) is 3.81. The van der Waals surface area contributed by atoms with Crippen LogP contribution in [0.1, 0.15) is 12.5 Å². The van der Waals surface area contributed by atoms with Gasteiger partial charge in [0.1, 0.15) is 0 Å². The number of sulfonamides is 1. The lowest BCUT2D eigenvalue weighted by Crippen LogP contribution is -2.09. The smallest absolute Gasteiger partial charge is 0.199 e. The first-order chi connectivity index (χ1) is 12.5. The average molecular weight is 363 g/mol. The quantitative estimate of drug-likeness (QED) is 0.471. The Balaban J connectivity index is 1.79. The van der Waals surface area contributed by atoms with Gasteiger partial charge in [-0.15, -0.1) is 0 Å². The second kappa shape index (κ2) is 7.84. The molecular formula is C20H17N3O2S. The van der Waals surface area contributed by atoms with E-state index in [4.69, 9.17) is 0 Å². The largest absolute Gasteiger partial charge is 0.282 e. The zero-order chi connectivity index (χ0) is 18.4. The summed E-state index contributed by atoms with van der Waals surface area (Å²) < 4.78 is 28.6. The molecule has 130 valence electrons. The Hall–Kier alpha value is -3.12. The summed E-state index contributed by atoms with van der Waals surface area (Å²) in [5.74, 6) is 0. The van der Waals surface area contributed by atoms with Gasteiger partial charge < -0.3 is 0 Å². The molecule has 5 nitrogen and oxygen atoms in total. The fourth-order valence-corrected chi connectivity index (χ4v) is 3.35. The third-order valence-corrected chi connectivity index (χ3v) is 4.92. The fraction of sp³-hybridized carbons (Fsp3) is 0.0500. The van der Waals surface area contributed by atoms with E-state index in [2.05, 4.69) is 14.6 Å². The lowest BCUT2D eigenvalue weighted by atomic mass is 10.0. The van der Waals surface area contributed by atoms with Crippen LogP contribution >= 0.6 is 0 Å². The van der Waals surface area contributed by atoms with Crippen LogP contribution in [0.15, 0.2) is 104 Å². The Morgan fingerprint density at radius 3 is 2.19 bits per heavy atom. The fourth-order valence-electron chi connectivity index (χ4n) is 2.28. The molecule has 0 atom stereocenters. The molecule has 1 aliphatic rings. The third kappa shape index (κ3) is 4.49. The summed E-state index contributed by atoms with van der Waals surface area (Å²) in [7, 11) is -3.74. The highest BCUT2D eigenvalue weighted by Crippen LogP contribution is 2.15. The van der Waals surface area contributed by atoms with E-state index in [0.717, 1.165) is 5.56 Å². The van der Waals surface area contributed by atoms with Crippen molar-refractivity contribution >= 4 is 27.7 Å². The lowest BCUT2D eigenvalue weighted by Gasteiger charge is -2.07. The van der Waals surface area contributed by atoms with Crippen molar-refractivity contribution < 1.29 is 8.42 Å². The standard InChI is InChI=1S/C20H17N3O2S/c1-16-14-18(22-21-15-17-8-4-2-5-9-17)12-13-20(16)23-26(24,25)19-10-6-3-7-11-19/h2-15H,1H3/b21-15+,22-18-,23-20-. The van der Waals surface area contributed by atoms with Crippen molar-refractivity contribution in [3.05, 3.63) is 90.0 Å². The van der Waals surface area contributed by atoms with Crippen LogP contribution in [0.5, 0.6) is 0 Å². The minimum absolute atomic E-state index is 0.167. The zero-order valence-electron chi connectivity index (χ0n) is 14.1. The van der Waals surface area contributed by atoms with Gasteiger partial charge >= 0.3 is 0 Å². The van der Waals surface area contributed by atoms with E-state index in [0.29, 0.717) is 17.0 Å². The summed E-state index contributed by atoms with van der Waals surface area (Å²) in [5.41, 5.74) is 2.68. The maximum Gasteiger partial charge on any atom is 0.282 e. The van der Waals surface area contributed by atoms with Crippen molar-refractivity contribution in [3.8, 4) is 0 Å². The molecule has 0 heterocycles. The molecule has 1 aliphatic carbocycles. The van der Waals surface area contributed by atoms with Crippen LogP contribution in [0.3, 0.4) is 0 Å². The van der Waals surface area contributed by atoms with Gasteiger partial charge in [-0.05, 0) is 48.4 Å². The van der Waals surface area contributed by atoms with Crippen LogP contribution < -0.4 is 0 Å². The topological polar surface area (TPSA) is 71.2 Å². The maximum atomic E-state index is 12.4. The first-order valence-electron chi connectivity index (χ1n) is 7.97. The number of hydrogen-bond donors (Lipinski definition) is 0. The summed E-state index contributed by atoms with van der Waals surface area (Å²) in [6.07, 6.45) is 6.73. The highest BCUT2D eigenvalue weighted by Gasteiger charge is 2.15. The monoisotopic (exact) mass is 363 g/mol. The molecule has 0 saturated carbocycles. The van der Waals surface area contributed by atoms with E-state index >= 15 is 0 Å². The predicted molar refractivity (Wildman–Crippen MR) is 105 cm³/mol. The van der Waals surface area contributed by atoms with E-state index in [1.165, 1.54) is 12.1 Å². The molecular weight excluding hydrogens is 346 g/mol. The minimum Gasteiger partial charge on any atom is -0.199 e. The summed E-state index contributed by atoms with van der Waals surface area (Å²) in [4.78, 5) is 0.167. The molecule has 3 rings (SSSR count). The van der Waals surface area contributed by atoms with Crippen LogP contribution in [-0.4, -0.2) is 26.1 Å². The second-order valence-electron chi connectivity index (χ2n) is 5.61. The Morgan fingerprint density at radius 2 is 1.54 bits per heavy atom. The molecule has 0 aromatic heterocycles. The van der Waals surface area contributed by atoms with E-state index in [9.17, 15) is 8.42 Å².